The Morgan fingerprint density at radius 1 is 1.27 bits per heavy atom. The van der Waals surface area contributed by atoms with E-state index in [9.17, 15) is 0 Å². The van der Waals surface area contributed by atoms with Crippen LogP contribution in [0.1, 0.15) is 18.5 Å². The van der Waals surface area contributed by atoms with E-state index in [0.717, 1.165) is 11.3 Å². The lowest BCUT2D eigenvalue weighted by atomic mass is 10.1. The fourth-order valence-electron chi connectivity index (χ4n) is 0.926. The maximum absolute atomic E-state index is 8.74. The second kappa shape index (κ2) is 5.66. The van der Waals surface area contributed by atoms with E-state index in [1.54, 1.807) is 0 Å². The van der Waals surface area contributed by atoms with Crippen molar-refractivity contribution in [3.05, 3.63) is 29.8 Å². The molecule has 0 radical (unpaired) electrons. The van der Waals surface area contributed by atoms with Crippen LogP contribution in [0.5, 0.6) is 0 Å². The van der Waals surface area contributed by atoms with Crippen molar-refractivity contribution >= 4 is 16.1 Å². The third kappa shape index (κ3) is 7.89. The first-order chi connectivity index (χ1) is 6.72. The first-order valence-corrected chi connectivity index (χ1v) is 5.41. The smallest absolute Gasteiger partial charge is 0.394 e. The molecule has 6 N–H and O–H groups in total. The normalized spacial score (nSPS) is 12.5. The Bertz CT molecular complexity index is 395. The standard InChI is InChI=1S/C8H12N2.H2O4S/c1-6(9)7-4-2-3-5-8(7)10;1-5(2,3)4/h2-6H,9-10H2,1H3;(H2,1,2,3,4). The van der Waals surface area contributed by atoms with Crippen LogP contribution in [-0.2, 0) is 10.4 Å². The van der Waals surface area contributed by atoms with E-state index in [-0.39, 0.29) is 6.04 Å². The lowest BCUT2D eigenvalue weighted by molar-refractivity contribution is 0.381. The Labute approximate surface area is 88.5 Å². The van der Waals surface area contributed by atoms with Gasteiger partial charge in [0.2, 0.25) is 0 Å². The molecule has 0 aliphatic heterocycles. The van der Waals surface area contributed by atoms with E-state index in [4.69, 9.17) is 29.0 Å². The Morgan fingerprint density at radius 3 is 1.93 bits per heavy atom. The zero-order valence-corrected chi connectivity index (χ0v) is 8.98. The fraction of sp³-hybridized carbons (Fsp3) is 0.250. The van der Waals surface area contributed by atoms with Gasteiger partial charge in [-0.25, -0.2) is 0 Å². The second-order valence-electron chi connectivity index (χ2n) is 2.87. The van der Waals surface area contributed by atoms with Crippen molar-refractivity contribution in [3.8, 4) is 0 Å². The summed E-state index contributed by atoms with van der Waals surface area (Å²) in [5.41, 5.74) is 13.1. The van der Waals surface area contributed by atoms with E-state index in [1.165, 1.54) is 0 Å². The first kappa shape index (κ1) is 13.8. The number of nitrogen functional groups attached to an aromatic ring is 1. The maximum Gasteiger partial charge on any atom is 0.394 e. The number of hydrogen-bond donors (Lipinski definition) is 4. The molecular formula is C8H14N2O4S. The minimum atomic E-state index is -4.67. The molecule has 0 fully saturated rings. The zero-order chi connectivity index (χ0) is 12.1. The molecule has 0 amide bonds. The van der Waals surface area contributed by atoms with Crippen molar-refractivity contribution < 1.29 is 17.5 Å². The third-order valence-corrected chi connectivity index (χ3v) is 1.49. The predicted molar refractivity (Wildman–Crippen MR) is 57.6 cm³/mol. The van der Waals surface area contributed by atoms with Crippen LogP contribution >= 0.6 is 0 Å². The van der Waals surface area contributed by atoms with Gasteiger partial charge in [-0.3, -0.25) is 9.11 Å². The molecule has 0 saturated carbocycles. The first-order valence-electron chi connectivity index (χ1n) is 4.01. The van der Waals surface area contributed by atoms with Crippen LogP contribution in [0.4, 0.5) is 5.69 Å². The van der Waals surface area contributed by atoms with Gasteiger partial charge in [-0.1, -0.05) is 18.2 Å². The molecule has 0 saturated heterocycles. The summed E-state index contributed by atoms with van der Waals surface area (Å²) in [5.74, 6) is 0. The van der Waals surface area contributed by atoms with Gasteiger partial charge >= 0.3 is 10.4 Å². The summed E-state index contributed by atoms with van der Waals surface area (Å²) in [4.78, 5) is 0. The van der Waals surface area contributed by atoms with Crippen molar-refractivity contribution in [1.82, 2.24) is 0 Å². The molecule has 1 atom stereocenters. The lowest BCUT2D eigenvalue weighted by Gasteiger charge is -2.07. The molecule has 0 aliphatic rings. The van der Waals surface area contributed by atoms with E-state index >= 15 is 0 Å². The minimum Gasteiger partial charge on any atom is -0.398 e. The molecule has 0 spiro atoms. The topological polar surface area (TPSA) is 127 Å². The van der Waals surface area contributed by atoms with Crippen LogP contribution in [0.15, 0.2) is 24.3 Å². The highest BCUT2D eigenvalue weighted by atomic mass is 32.3. The SMILES string of the molecule is CC(N)c1ccccc1N.O=S(=O)(O)O. The Balaban J connectivity index is 0.000000336. The molecule has 1 aromatic rings. The molecular weight excluding hydrogens is 220 g/mol. The summed E-state index contributed by atoms with van der Waals surface area (Å²) >= 11 is 0. The number of rotatable bonds is 1. The highest BCUT2D eigenvalue weighted by Crippen LogP contribution is 2.16. The predicted octanol–water partition coefficient (Wildman–Crippen LogP) is 0.636. The molecule has 0 heterocycles. The van der Waals surface area contributed by atoms with E-state index < -0.39 is 10.4 Å². The molecule has 1 rings (SSSR count). The number of para-hydroxylation sites is 1. The van der Waals surface area contributed by atoms with Crippen molar-refractivity contribution in [1.29, 1.82) is 0 Å². The highest BCUT2D eigenvalue weighted by Gasteiger charge is 2.00. The Kier molecular flexibility index (Phi) is 5.23. The fourth-order valence-corrected chi connectivity index (χ4v) is 0.926. The number of nitrogens with two attached hydrogens (primary N) is 2. The van der Waals surface area contributed by atoms with Crippen LogP contribution in [0.3, 0.4) is 0 Å². The lowest BCUT2D eigenvalue weighted by Crippen LogP contribution is -2.07. The van der Waals surface area contributed by atoms with Crippen molar-refractivity contribution in [2.75, 3.05) is 5.73 Å². The zero-order valence-electron chi connectivity index (χ0n) is 8.16. The molecule has 0 aromatic heterocycles. The van der Waals surface area contributed by atoms with Crippen LogP contribution in [0.25, 0.3) is 0 Å². The molecule has 1 aromatic carbocycles. The van der Waals surface area contributed by atoms with Gasteiger partial charge in [-0.15, -0.1) is 0 Å². The van der Waals surface area contributed by atoms with Gasteiger partial charge in [0.15, 0.2) is 0 Å². The van der Waals surface area contributed by atoms with E-state index in [0.29, 0.717) is 0 Å². The molecule has 0 aliphatic carbocycles. The largest absolute Gasteiger partial charge is 0.398 e. The van der Waals surface area contributed by atoms with Crippen molar-refractivity contribution in [2.45, 2.75) is 13.0 Å². The van der Waals surface area contributed by atoms with Gasteiger partial charge < -0.3 is 11.5 Å². The van der Waals surface area contributed by atoms with Crippen molar-refractivity contribution in [2.24, 2.45) is 5.73 Å². The van der Waals surface area contributed by atoms with Crippen molar-refractivity contribution in [3.63, 3.8) is 0 Å². The van der Waals surface area contributed by atoms with Gasteiger partial charge in [-0.2, -0.15) is 8.42 Å². The van der Waals surface area contributed by atoms with Crippen LogP contribution in [0.2, 0.25) is 0 Å². The minimum absolute atomic E-state index is 0.0289. The summed E-state index contributed by atoms with van der Waals surface area (Å²) in [6.07, 6.45) is 0. The van der Waals surface area contributed by atoms with Gasteiger partial charge in [0.05, 0.1) is 0 Å². The molecule has 15 heavy (non-hydrogen) atoms. The average molecular weight is 234 g/mol. The van der Waals surface area contributed by atoms with Crippen LogP contribution in [0, 0.1) is 0 Å². The van der Waals surface area contributed by atoms with Gasteiger partial charge in [0.25, 0.3) is 0 Å². The van der Waals surface area contributed by atoms with E-state index in [2.05, 4.69) is 0 Å². The van der Waals surface area contributed by atoms with Crippen LogP contribution < -0.4 is 11.5 Å². The summed E-state index contributed by atoms with van der Waals surface area (Å²) in [7, 11) is -4.67. The van der Waals surface area contributed by atoms with Crippen LogP contribution in [-0.4, -0.2) is 17.5 Å². The number of benzene rings is 1. The molecule has 86 valence electrons. The molecule has 7 heteroatoms. The monoisotopic (exact) mass is 234 g/mol. The quantitative estimate of drug-likeness (QED) is 0.417. The number of hydrogen-bond acceptors (Lipinski definition) is 4. The molecule has 6 nitrogen and oxygen atoms in total. The molecule has 1 unspecified atom stereocenters. The Morgan fingerprint density at radius 2 is 1.67 bits per heavy atom. The Hall–Kier alpha value is -1.15. The summed E-state index contributed by atoms with van der Waals surface area (Å²) in [5, 5.41) is 0. The van der Waals surface area contributed by atoms with Gasteiger partial charge in [-0.05, 0) is 18.6 Å². The third-order valence-electron chi connectivity index (χ3n) is 1.49. The summed E-state index contributed by atoms with van der Waals surface area (Å²) in [6.45, 7) is 1.92. The van der Waals surface area contributed by atoms with Gasteiger partial charge in [0.1, 0.15) is 0 Å². The summed E-state index contributed by atoms with van der Waals surface area (Å²) < 4.78 is 31.6. The summed E-state index contributed by atoms with van der Waals surface area (Å²) in [6, 6.07) is 7.68. The molecule has 0 bridgehead atoms. The highest BCUT2D eigenvalue weighted by molar-refractivity contribution is 7.79. The maximum atomic E-state index is 8.74. The number of anilines is 1. The average Bonchev–Trinajstić information content (AvgIpc) is 2.01. The van der Waals surface area contributed by atoms with Gasteiger partial charge in [0, 0.05) is 11.7 Å². The second-order valence-corrected chi connectivity index (χ2v) is 3.76. The van der Waals surface area contributed by atoms with E-state index in [1.807, 2.05) is 31.2 Å².